The Morgan fingerprint density at radius 2 is 1.94 bits per heavy atom. The van der Waals surface area contributed by atoms with Crippen molar-refractivity contribution >= 4 is 11.9 Å². The molecule has 0 bridgehead atoms. The second kappa shape index (κ2) is 7.06. The number of esters is 1. The van der Waals surface area contributed by atoms with E-state index < -0.39 is 11.4 Å². The first-order valence-electron chi connectivity index (χ1n) is 5.63. The van der Waals surface area contributed by atoms with Gasteiger partial charge in [-0.2, -0.15) is 0 Å². The van der Waals surface area contributed by atoms with Crippen molar-refractivity contribution in [3.05, 3.63) is 12.2 Å². The second-order valence-corrected chi connectivity index (χ2v) is 4.39. The summed E-state index contributed by atoms with van der Waals surface area (Å²) in [6.45, 7) is 10.1. The molecular weight excluding hydrogens is 220 g/mol. The molecule has 17 heavy (non-hydrogen) atoms. The number of carbonyl (C=O) groups is 2. The molecule has 98 valence electrons. The van der Waals surface area contributed by atoms with Crippen LogP contribution in [0.5, 0.6) is 0 Å². The van der Waals surface area contributed by atoms with Gasteiger partial charge < -0.3 is 15.4 Å². The maximum absolute atomic E-state index is 11.5. The average Bonchev–Trinajstić information content (AvgIpc) is 2.27. The van der Waals surface area contributed by atoms with Gasteiger partial charge in [0.25, 0.3) is 0 Å². The van der Waals surface area contributed by atoms with Gasteiger partial charge in [0.05, 0.1) is 12.0 Å². The van der Waals surface area contributed by atoms with Crippen molar-refractivity contribution < 1.29 is 14.3 Å². The Labute approximate surface area is 103 Å². The summed E-state index contributed by atoms with van der Waals surface area (Å²) < 4.78 is 4.80. The molecule has 5 heteroatoms. The van der Waals surface area contributed by atoms with E-state index in [9.17, 15) is 9.59 Å². The maximum atomic E-state index is 11.5. The third-order valence-corrected chi connectivity index (χ3v) is 2.31. The summed E-state index contributed by atoms with van der Waals surface area (Å²) in [4.78, 5) is 22.7. The van der Waals surface area contributed by atoms with Crippen LogP contribution in [0.4, 0.5) is 0 Å². The Kier molecular flexibility index (Phi) is 6.50. The van der Waals surface area contributed by atoms with Gasteiger partial charge >= 0.3 is 5.97 Å². The van der Waals surface area contributed by atoms with Crippen LogP contribution in [-0.2, 0) is 14.3 Å². The smallest absolute Gasteiger partial charge is 0.334 e. The van der Waals surface area contributed by atoms with Crippen LogP contribution in [0, 0.1) is 5.41 Å². The van der Waals surface area contributed by atoms with Gasteiger partial charge in [0.15, 0.2) is 0 Å². The predicted octanol–water partition coefficient (Wildman–Crippen LogP) is 0.468. The minimum atomic E-state index is -0.524. The largest absolute Gasteiger partial charge is 0.463 e. The van der Waals surface area contributed by atoms with E-state index in [1.54, 1.807) is 14.0 Å². The Bertz CT molecular complexity index is 298. The highest BCUT2D eigenvalue weighted by Crippen LogP contribution is 2.13. The zero-order chi connectivity index (χ0) is 13.5. The number of amides is 1. The van der Waals surface area contributed by atoms with E-state index in [4.69, 9.17) is 4.74 Å². The Hall–Kier alpha value is -1.36. The molecule has 0 aliphatic carbocycles. The van der Waals surface area contributed by atoms with Crippen LogP contribution in [0.25, 0.3) is 0 Å². The summed E-state index contributed by atoms with van der Waals surface area (Å²) in [5.74, 6) is -0.454. The quantitative estimate of drug-likeness (QED) is 0.503. The van der Waals surface area contributed by atoms with Gasteiger partial charge in [0.1, 0.15) is 0 Å². The lowest BCUT2D eigenvalue weighted by molar-refractivity contribution is -0.138. The summed E-state index contributed by atoms with van der Waals surface area (Å²) in [6, 6.07) is 0. The van der Waals surface area contributed by atoms with E-state index in [2.05, 4.69) is 17.2 Å². The zero-order valence-electron chi connectivity index (χ0n) is 11.1. The summed E-state index contributed by atoms with van der Waals surface area (Å²) in [5.41, 5.74) is -0.163. The second-order valence-electron chi connectivity index (χ2n) is 4.39. The van der Waals surface area contributed by atoms with Crippen LogP contribution in [-0.4, -0.2) is 38.6 Å². The predicted molar refractivity (Wildman–Crippen MR) is 66.5 cm³/mol. The lowest BCUT2D eigenvalue weighted by Crippen LogP contribution is -2.42. The molecule has 0 aromatic heterocycles. The van der Waals surface area contributed by atoms with Gasteiger partial charge in [-0.15, -0.1) is 0 Å². The molecule has 0 aliphatic rings. The van der Waals surface area contributed by atoms with Gasteiger partial charge in [-0.3, -0.25) is 4.79 Å². The molecule has 0 spiro atoms. The number of ether oxygens (including phenoxy) is 1. The molecule has 0 saturated carbocycles. The van der Waals surface area contributed by atoms with Crippen LogP contribution in [0.15, 0.2) is 12.2 Å². The van der Waals surface area contributed by atoms with Crippen molar-refractivity contribution in [1.82, 2.24) is 10.6 Å². The summed E-state index contributed by atoms with van der Waals surface area (Å²) in [7, 11) is 1.60. The van der Waals surface area contributed by atoms with E-state index in [1.807, 2.05) is 13.8 Å². The highest BCUT2D eigenvalue weighted by atomic mass is 16.5. The minimum Gasteiger partial charge on any atom is -0.463 e. The number of hydrogen-bond donors (Lipinski definition) is 2. The first-order valence-corrected chi connectivity index (χ1v) is 5.63. The van der Waals surface area contributed by atoms with E-state index >= 15 is 0 Å². The Morgan fingerprint density at radius 1 is 1.35 bits per heavy atom. The summed E-state index contributed by atoms with van der Waals surface area (Å²) >= 11 is 0. The lowest BCUT2D eigenvalue weighted by Gasteiger charge is -2.23. The van der Waals surface area contributed by atoms with Gasteiger partial charge in [0, 0.05) is 25.7 Å². The van der Waals surface area contributed by atoms with E-state index in [0.29, 0.717) is 25.3 Å². The number of hydrogen-bond acceptors (Lipinski definition) is 4. The fourth-order valence-electron chi connectivity index (χ4n) is 1.25. The molecule has 0 atom stereocenters. The van der Waals surface area contributed by atoms with Crippen LogP contribution in [0.2, 0.25) is 0 Å². The molecule has 0 aromatic carbocycles. The third-order valence-electron chi connectivity index (χ3n) is 2.31. The van der Waals surface area contributed by atoms with Crippen LogP contribution < -0.4 is 10.6 Å². The lowest BCUT2D eigenvalue weighted by atomic mass is 9.92. The van der Waals surface area contributed by atoms with Crippen LogP contribution in [0.1, 0.15) is 20.8 Å². The number of carbonyl (C=O) groups excluding carboxylic acids is 2. The van der Waals surface area contributed by atoms with Gasteiger partial charge in [-0.05, 0) is 20.8 Å². The fourth-order valence-corrected chi connectivity index (χ4v) is 1.25. The fraction of sp³-hybridized carbons (Fsp3) is 0.667. The molecule has 0 fully saturated rings. The molecule has 0 radical (unpaired) electrons. The standard InChI is InChI=1S/C12H22N2O3/c1-6-17-10(15)9(2)7-14-8-12(3,4)11(16)13-5/h14H,2,6-8H2,1,3-5H3,(H,13,16). The van der Waals surface area contributed by atoms with E-state index in [0.717, 1.165) is 0 Å². The van der Waals surface area contributed by atoms with Crippen molar-refractivity contribution in [3.8, 4) is 0 Å². The normalized spacial score (nSPS) is 10.8. The van der Waals surface area contributed by atoms with E-state index in [1.165, 1.54) is 0 Å². The first kappa shape index (κ1) is 15.6. The molecule has 0 aliphatic heterocycles. The van der Waals surface area contributed by atoms with E-state index in [-0.39, 0.29) is 5.91 Å². The van der Waals surface area contributed by atoms with Crippen molar-refractivity contribution in [2.45, 2.75) is 20.8 Å². The van der Waals surface area contributed by atoms with Crippen molar-refractivity contribution in [3.63, 3.8) is 0 Å². The SMILES string of the molecule is C=C(CNCC(C)(C)C(=O)NC)C(=O)OCC. The third kappa shape index (κ3) is 5.49. The molecule has 0 unspecified atom stereocenters. The minimum absolute atomic E-state index is 0.0493. The van der Waals surface area contributed by atoms with Crippen molar-refractivity contribution in [1.29, 1.82) is 0 Å². The van der Waals surface area contributed by atoms with Crippen molar-refractivity contribution in [2.75, 3.05) is 26.7 Å². The molecule has 1 amide bonds. The highest BCUT2D eigenvalue weighted by Gasteiger charge is 2.26. The van der Waals surface area contributed by atoms with Crippen LogP contribution >= 0.6 is 0 Å². The molecule has 5 nitrogen and oxygen atoms in total. The molecular formula is C12H22N2O3. The molecule has 0 rings (SSSR count). The number of nitrogens with one attached hydrogen (secondary N) is 2. The molecule has 0 heterocycles. The monoisotopic (exact) mass is 242 g/mol. The number of rotatable bonds is 7. The van der Waals surface area contributed by atoms with Gasteiger partial charge in [-0.1, -0.05) is 6.58 Å². The summed E-state index contributed by atoms with van der Waals surface area (Å²) in [6.07, 6.45) is 0. The van der Waals surface area contributed by atoms with Gasteiger partial charge in [0.2, 0.25) is 5.91 Å². The molecule has 0 aromatic rings. The highest BCUT2D eigenvalue weighted by molar-refractivity contribution is 5.88. The summed E-state index contributed by atoms with van der Waals surface area (Å²) in [5, 5.41) is 5.61. The molecule has 0 saturated heterocycles. The topological polar surface area (TPSA) is 67.4 Å². The van der Waals surface area contributed by atoms with Crippen molar-refractivity contribution in [2.24, 2.45) is 5.41 Å². The van der Waals surface area contributed by atoms with Crippen LogP contribution in [0.3, 0.4) is 0 Å². The maximum Gasteiger partial charge on any atom is 0.334 e. The molecule has 2 N–H and O–H groups in total. The Morgan fingerprint density at radius 3 is 2.41 bits per heavy atom. The van der Waals surface area contributed by atoms with Gasteiger partial charge in [-0.25, -0.2) is 4.79 Å². The average molecular weight is 242 g/mol. The first-order chi connectivity index (χ1) is 7.85. The Balaban J connectivity index is 4.03. The zero-order valence-corrected chi connectivity index (χ0v) is 11.1.